The maximum absolute atomic E-state index is 12.3. The van der Waals surface area contributed by atoms with Crippen LogP contribution in [0.4, 0.5) is 0 Å². The molecule has 198 valence electrons. The number of ether oxygens (including phenoxy) is 1. The van der Waals surface area contributed by atoms with Crippen LogP contribution in [0, 0.1) is 6.92 Å². The number of hydrogen-bond donors (Lipinski definition) is 0. The number of allylic oxidation sites excluding steroid dienone is 1. The summed E-state index contributed by atoms with van der Waals surface area (Å²) in [4.78, 5) is 12.3. The van der Waals surface area contributed by atoms with E-state index in [0.29, 0.717) is 0 Å². The summed E-state index contributed by atoms with van der Waals surface area (Å²) in [5, 5.41) is 0. The molecule has 0 saturated heterocycles. The molecule has 0 heterocycles. The number of ketones is 1. The van der Waals surface area contributed by atoms with Crippen molar-refractivity contribution in [1.29, 1.82) is 0 Å². The molecule has 0 fully saturated rings. The van der Waals surface area contributed by atoms with E-state index in [1.807, 2.05) is 61.5 Å². The summed E-state index contributed by atoms with van der Waals surface area (Å²) in [7, 11) is 0. The van der Waals surface area contributed by atoms with Gasteiger partial charge in [0.1, 0.15) is 5.75 Å². The van der Waals surface area contributed by atoms with Gasteiger partial charge < -0.3 is 4.74 Å². The van der Waals surface area contributed by atoms with Crippen molar-refractivity contribution in [3.05, 3.63) is 71.3 Å². The van der Waals surface area contributed by atoms with E-state index in [2.05, 4.69) is 6.92 Å². The van der Waals surface area contributed by atoms with E-state index in [1.54, 1.807) is 6.08 Å². The molecule has 2 rings (SSSR count). The second kappa shape index (κ2) is 19.8. The van der Waals surface area contributed by atoms with Crippen LogP contribution in [0.2, 0.25) is 0 Å². The zero-order valence-electron chi connectivity index (χ0n) is 23.1. The number of rotatable bonds is 21. The number of carbonyl (C=O) groups excluding carboxylic acids is 1. The first-order chi connectivity index (χ1) is 17.7. The Bertz CT molecular complexity index is 850. The van der Waals surface area contributed by atoms with Crippen LogP contribution in [0.25, 0.3) is 6.08 Å². The summed E-state index contributed by atoms with van der Waals surface area (Å²) >= 11 is 0. The van der Waals surface area contributed by atoms with Gasteiger partial charge in [0.15, 0.2) is 5.78 Å². The predicted octanol–water partition coefficient (Wildman–Crippen LogP) is 10.5. The van der Waals surface area contributed by atoms with Gasteiger partial charge in [-0.15, -0.1) is 0 Å². The van der Waals surface area contributed by atoms with Gasteiger partial charge in [-0.1, -0.05) is 145 Å². The highest BCUT2D eigenvalue weighted by Crippen LogP contribution is 2.16. The van der Waals surface area contributed by atoms with Crippen LogP contribution >= 0.6 is 0 Å². The van der Waals surface area contributed by atoms with Crippen molar-refractivity contribution in [2.24, 2.45) is 0 Å². The quantitative estimate of drug-likeness (QED) is 0.0988. The van der Waals surface area contributed by atoms with Crippen molar-refractivity contribution in [3.63, 3.8) is 0 Å². The lowest BCUT2D eigenvalue weighted by atomic mass is 10.0. The van der Waals surface area contributed by atoms with E-state index < -0.39 is 0 Å². The maximum atomic E-state index is 12.3. The summed E-state index contributed by atoms with van der Waals surface area (Å²) < 4.78 is 5.90. The van der Waals surface area contributed by atoms with Gasteiger partial charge in [0.25, 0.3) is 0 Å². The van der Waals surface area contributed by atoms with E-state index >= 15 is 0 Å². The minimum absolute atomic E-state index is 0.0301. The van der Waals surface area contributed by atoms with E-state index in [9.17, 15) is 4.79 Å². The molecule has 0 aliphatic heterocycles. The van der Waals surface area contributed by atoms with Crippen LogP contribution in [-0.2, 0) is 0 Å². The first-order valence-corrected chi connectivity index (χ1v) is 14.7. The fourth-order valence-corrected chi connectivity index (χ4v) is 4.58. The standard InChI is InChI=1S/C34H50O2/c1-3-4-5-6-7-8-9-10-11-12-13-14-15-16-17-18-28-36-33-25-22-31(23-26-33)24-27-34(35)32-21-19-20-30(2)29-32/h19-27,29H,3-18,28H2,1-2H3. The first-order valence-electron chi connectivity index (χ1n) is 14.7. The van der Waals surface area contributed by atoms with E-state index in [1.165, 1.54) is 96.3 Å². The highest BCUT2D eigenvalue weighted by Gasteiger charge is 2.01. The van der Waals surface area contributed by atoms with Crippen molar-refractivity contribution < 1.29 is 9.53 Å². The smallest absolute Gasteiger partial charge is 0.185 e. The summed E-state index contributed by atoms with van der Waals surface area (Å²) in [6, 6.07) is 15.7. The van der Waals surface area contributed by atoms with Gasteiger partial charge in [0, 0.05) is 5.56 Å². The lowest BCUT2D eigenvalue weighted by Gasteiger charge is -2.07. The number of unbranched alkanes of at least 4 members (excludes halogenated alkanes) is 15. The molecule has 0 aliphatic rings. The molecule has 0 aromatic heterocycles. The fourth-order valence-electron chi connectivity index (χ4n) is 4.58. The van der Waals surface area contributed by atoms with Gasteiger partial charge in [0.2, 0.25) is 0 Å². The predicted molar refractivity (Wildman–Crippen MR) is 156 cm³/mol. The Balaban J connectivity index is 1.42. The Morgan fingerprint density at radius 1 is 0.694 bits per heavy atom. The molecule has 0 amide bonds. The highest BCUT2D eigenvalue weighted by molar-refractivity contribution is 6.06. The normalized spacial score (nSPS) is 11.3. The molecule has 0 aliphatic carbocycles. The third-order valence-corrected chi connectivity index (χ3v) is 6.88. The largest absolute Gasteiger partial charge is 0.494 e. The molecule has 2 nitrogen and oxygen atoms in total. The second-order valence-electron chi connectivity index (χ2n) is 10.3. The number of hydrogen-bond acceptors (Lipinski definition) is 2. The molecule has 2 heteroatoms. The van der Waals surface area contributed by atoms with E-state index in [-0.39, 0.29) is 5.78 Å². The minimum Gasteiger partial charge on any atom is -0.494 e. The van der Waals surface area contributed by atoms with Gasteiger partial charge in [-0.05, 0) is 43.2 Å². The molecule has 2 aromatic carbocycles. The molecule has 0 N–H and O–H groups in total. The monoisotopic (exact) mass is 490 g/mol. The van der Waals surface area contributed by atoms with Crippen LogP contribution in [-0.4, -0.2) is 12.4 Å². The Labute approximate surface area is 221 Å². The van der Waals surface area contributed by atoms with E-state index in [4.69, 9.17) is 4.74 Å². The molecule has 0 unspecified atom stereocenters. The molecule has 0 spiro atoms. The van der Waals surface area contributed by atoms with Crippen LogP contribution in [0.3, 0.4) is 0 Å². The lowest BCUT2D eigenvalue weighted by Crippen LogP contribution is -1.97. The van der Waals surface area contributed by atoms with Crippen molar-refractivity contribution >= 4 is 11.9 Å². The minimum atomic E-state index is 0.0301. The Kier molecular flexibility index (Phi) is 16.4. The SMILES string of the molecule is CCCCCCCCCCCCCCCCCCOc1ccc(C=CC(=O)c2cccc(C)c2)cc1. The maximum Gasteiger partial charge on any atom is 0.185 e. The van der Waals surface area contributed by atoms with Crippen molar-refractivity contribution in [2.45, 2.75) is 117 Å². The van der Waals surface area contributed by atoms with Gasteiger partial charge in [0.05, 0.1) is 6.61 Å². The molecule has 0 atom stereocenters. The van der Waals surface area contributed by atoms with Crippen LogP contribution in [0.1, 0.15) is 131 Å². The second-order valence-corrected chi connectivity index (χ2v) is 10.3. The van der Waals surface area contributed by atoms with E-state index in [0.717, 1.165) is 35.5 Å². The third kappa shape index (κ3) is 14.3. The summed E-state index contributed by atoms with van der Waals surface area (Å²) in [5.74, 6) is 0.931. The Morgan fingerprint density at radius 3 is 1.75 bits per heavy atom. The Morgan fingerprint density at radius 2 is 1.22 bits per heavy atom. The number of aryl methyl sites for hydroxylation is 1. The summed E-state index contributed by atoms with van der Waals surface area (Å²) in [5.41, 5.74) is 2.83. The van der Waals surface area contributed by atoms with Gasteiger partial charge >= 0.3 is 0 Å². The van der Waals surface area contributed by atoms with Crippen LogP contribution in [0.5, 0.6) is 5.75 Å². The summed E-state index contributed by atoms with van der Waals surface area (Å²) in [6.07, 6.45) is 25.6. The fraction of sp³-hybridized carbons (Fsp3) is 0.559. The zero-order valence-corrected chi connectivity index (χ0v) is 23.1. The molecular formula is C34H50O2. The average Bonchev–Trinajstić information content (AvgIpc) is 2.89. The topological polar surface area (TPSA) is 26.3 Å². The van der Waals surface area contributed by atoms with Gasteiger partial charge in [-0.2, -0.15) is 0 Å². The zero-order chi connectivity index (χ0) is 25.7. The molecular weight excluding hydrogens is 440 g/mol. The highest BCUT2D eigenvalue weighted by atomic mass is 16.5. The van der Waals surface area contributed by atoms with Gasteiger partial charge in [-0.3, -0.25) is 4.79 Å². The lowest BCUT2D eigenvalue weighted by molar-refractivity contribution is 0.104. The van der Waals surface area contributed by atoms with Crippen molar-refractivity contribution in [3.8, 4) is 5.75 Å². The molecule has 0 radical (unpaired) electrons. The number of carbonyl (C=O) groups is 1. The number of benzene rings is 2. The third-order valence-electron chi connectivity index (χ3n) is 6.88. The molecule has 36 heavy (non-hydrogen) atoms. The molecule has 0 saturated carbocycles. The van der Waals surface area contributed by atoms with Crippen molar-refractivity contribution in [2.75, 3.05) is 6.61 Å². The Hall–Kier alpha value is -2.35. The first kappa shape index (κ1) is 29.9. The average molecular weight is 491 g/mol. The van der Waals surface area contributed by atoms with Crippen LogP contribution in [0.15, 0.2) is 54.6 Å². The van der Waals surface area contributed by atoms with Gasteiger partial charge in [-0.25, -0.2) is 0 Å². The van der Waals surface area contributed by atoms with Crippen LogP contribution < -0.4 is 4.74 Å². The molecule has 0 bridgehead atoms. The van der Waals surface area contributed by atoms with Crippen molar-refractivity contribution in [1.82, 2.24) is 0 Å². The molecule has 2 aromatic rings. The summed E-state index contributed by atoms with van der Waals surface area (Å²) in [6.45, 7) is 5.06.